The third-order valence-electron chi connectivity index (χ3n) is 6.77. The maximum Gasteiger partial charge on any atom is 0.250 e. The summed E-state index contributed by atoms with van der Waals surface area (Å²) < 4.78 is 4.12. The van der Waals surface area contributed by atoms with Crippen molar-refractivity contribution in [1.82, 2.24) is 19.0 Å². The second kappa shape index (κ2) is 8.20. The number of benzene rings is 1. The van der Waals surface area contributed by atoms with Crippen LogP contribution in [0.2, 0.25) is 0 Å². The molecule has 7 nitrogen and oxygen atoms in total. The second-order valence-corrected chi connectivity index (χ2v) is 9.83. The molecule has 1 amide bonds. The molecule has 1 fully saturated rings. The number of carbonyl (C=O) groups excluding carboxylic acids is 1. The lowest BCUT2D eigenvalue weighted by molar-refractivity contribution is -0.116. The van der Waals surface area contributed by atoms with Crippen molar-refractivity contribution < 1.29 is 4.79 Å². The maximum absolute atomic E-state index is 12.3. The molecule has 3 aromatic rings. The summed E-state index contributed by atoms with van der Waals surface area (Å²) in [5.74, 6) is 2.29. The molecule has 0 aliphatic carbocycles. The number of nitrogens with one attached hydrogen (secondary N) is 1. The van der Waals surface area contributed by atoms with Gasteiger partial charge in [-0.05, 0) is 42.5 Å². The molecular formula is C25H31N5O2. The van der Waals surface area contributed by atoms with Crippen LogP contribution in [0.1, 0.15) is 44.1 Å². The van der Waals surface area contributed by atoms with Crippen LogP contribution in [0.4, 0.5) is 5.69 Å². The van der Waals surface area contributed by atoms with Gasteiger partial charge in [-0.1, -0.05) is 19.9 Å². The molecule has 1 aromatic carbocycles. The summed E-state index contributed by atoms with van der Waals surface area (Å²) in [6.45, 7) is 7.60. The minimum atomic E-state index is 0.0368. The van der Waals surface area contributed by atoms with Gasteiger partial charge < -0.3 is 14.5 Å². The minimum absolute atomic E-state index is 0.0368. The Bertz CT molecular complexity index is 1220. The number of piperidine rings is 1. The number of nitrogens with zero attached hydrogens (tertiary/aromatic N) is 4. The zero-order valence-corrected chi connectivity index (χ0v) is 19.0. The van der Waals surface area contributed by atoms with Gasteiger partial charge in [0.15, 0.2) is 0 Å². The Morgan fingerprint density at radius 2 is 2.03 bits per heavy atom. The van der Waals surface area contributed by atoms with Gasteiger partial charge in [0, 0.05) is 56.5 Å². The van der Waals surface area contributed by atoms with Gasteiger partial charge >= 0.3 is 0 Å². The fourth-order valence-corrected chi connectivity index (χ4v) is 5.38. The highest BCUT2D eigenvalue weighted by Gasteiger charge is 2.34. The summed E-state index contributed by atoms with van der Waals surface area (Å²) in [7, 11) is 2.06. The van der Waals surface area contributed by atoms with Gasteiger partial charge in [-0.25, -0.2) is 4.98 Å². The molecule has 1 saturated heterocycles. The fraction of sp³-hybridized carbons (Fsp3) is 0.480. The molecule has 2 unspecified atom stereocenters. The van der Waals surface area contributed by atoms with E-state index in [-0.39, 0.29) is 11.5 Å². The second-order valence-electron chi connectivity index (χ2n) is 9.83. The molecule has 1 N–H and O–H groups in total. The smallest absolute Gasteiger partial charge is 0.250 e. The molecule has 2 aliphatic heterocycles. The summed E-state index contributed by atoms with van der Waals surface area (Å²) in [5.41, 5.74) is 4.06. The first-order valence-electron chi connectivity index (χ1n) is 11.5. The number of anilines is 1. The average Bonchev–Trinajstić information content (AvgIpc) is 3.03. The number of hydrogen-bond acceptors (Lipinski definition) is 4. The van der Waals surface area contributed by atoms with E-state index in [9.17, 15) is 9.59 Å². The van der Waals surface area contributed by atoms with E-state index < -0.39 is 0 Å². The Labute approximate surface area is 188 Å². The van der Waals surface area contributed by atoms with Gasteiger partial charge in [0.25, 0.3) is 5.56 Å². The van der Waals surface area contributed by atoms with E-state index in [1.165, 1.54) is 5.69 Å². The summed E-state index contributed by atoms with van der Waals surface area (Å²) >= 11 is 0. The SMILES string of the molecule is CC(C)CC(=O)Nc1ccc2c(c1)nc(CN1CC3CC(C1)c1cccc(=O)n1C3)n2C. The molecule has 0 radical (unpaired) electrons. The number of pyridine rings is 1. The number of aromatic nitrogens is 3. The Morgan fingerprint density at radius 3 is 2.84 bits per heavy atom. The molecule has 0 spiro atoms. The van der Waals surface area contributed by atoms with Crippen molar-refractivity contribution in [3.8, 4) is 0 Å². The monoisotopic (exact) mass is 433 g/mol. The molecule has 32 heavy (non-hydrogen) atoms. The van der Waals surface area contributed by atoms with Gasteiger partial charge in [0.1, 0.15) is 5.82 Å². The van der Waals surface area contributed by atoms with Crippen LogP contribution in [0.15, 0.2) is 41.2 Å². The largest absolute Gasteiger partial charge is 0.330 e. The Kier molecular flexibility index (Phi) is 5.37. The predicted molar refractivity (Wildman–Crippen MR) is 126 cm³/mol. The van der Waals surface area contributed by atoms with Crippen LogP contribution in [-0.2, 0) is 24.9 Å². The quantitative estimate of drug-likeness (QED) is 0.670. The van der Waals surface area contributed by atoms with Crippen LogP contribution in [0, 0.1) is 11.8 Å². The van der Waals surface area contributed by atoms with E-state index in [0.717, 1.165) is 55.1 Å². The van der Waals surface area contributed by atoms with E-state index in [1.54, 1.807) is 6.07 Å². The third kappa shape index (κ3) is 3.97. The van der Waals surface area contributed by atoms with Crippen LogP contribution >= 0.6 is 0 Å². The van der Waals surface area contributed by atoms with Crippen molar-refractivity contribution in [3.63, 3.8) is 0 Å². The van der Waals surface area contributed by atoms with E-state index in [4.69, 9.17) is 4.98 Å². The molecule has 2 aliphatic rings. The number of hydrogen-bond donors (Lipinski definition) is 1. The van der Waals surface area contributed by atoms with E-state index >= 15 is 0 Å². The average molecular weight is 434 g/mol. The molecule has 2 bridgehead atoms. The Hall–Kier alpha value is -2.93. The number of rotatable bonds is 5. The van der Waals surface area contributed by atoms with Crippen LogP contribution < -0.4 is 10.9 Å². The zero-order valence-electron chi connectivity index (χ0n) is 19.0. The minimum Gasteiger partial charge on any atom is -0.330 e. The number of carbonyl (C=O) groups is 1. The van der Waals surface area contributed by atoms with Crippen LogP contribution in [0.25, 0.3) is 11.0 Å². The Balaban J connectivity index is 1.34. The normalized spacial score (nSPS) is 20.5. The molecule has 2 atom stereocenters. The van der Waals surface area contributed by atoms with Crippen LogP contribution in [0.3, 0.4) is 0 Å². The van der Waals surface area contributed by atoms with Crippen molar-refractivity contribution in [1.29, 1.82) is 0 Å². The van der Waals surface area contributed by atoms with E-state index in [0.29, 0.717) is 24.2 Å². The predicted octanol–water partition coefficient (Wildman–Crippen LogP) is 3.34. The van der Waals surface area contributed by atoms with Gasteiger partial charge in [-0.2, -0.15) is 0 Å². The molecule has 2 aromatic heterocycles. The molecule has 5 rings (SSSR count). The number of likely N-dealkylation sites (tertiary alicyclic amines) is 1. The van der Waals surface area contributed by atoms with Crippen LogP contribution in [0.5, 0.6) is 0 Å². The molecule has 168 valence electrons. The summed E-state index contributed by atoms with van der Waals surface area (Å²) in [6, 6.07) is 11.6. The van der Waals surface area contributed by atoms with Crippen molar-refractivity contribution in [2.45, 2.75) is 45.7 Å². The molecular weight excluding hydrogens is 402 g/mol. The molecule has 7 heteroatoms. The number of fused-ring (bicyclic) bond motifs is 5. The number of aryl methyl sites for hydroxylation is 1. The summed E-state index contributed by atoms with van der Waals surface area (Å²) in [4.78, 5) is 31.8. The maximum atomic E-state index is 12.3. The first-order chi connectivity index (χ1) is 15.4. The van der Waals surface area contributed by atoms with Crippen molar-refractivity contribution in [2.24, 2.45) is 18.9 Å². The standard InChI is InChI=1S/C25H31N5O2/c1-16(2)9-24(31)26-19-7-8-22-20(11-19)27-23(28(22)3)15-29-12-17-10-18(14-29)21-5-4-6-25(32)30(21)13-17/h4-8,11,16-18H,9-10,12-15H2,1-3H3,(H,26,31). The van der Waals surface area contributed by atoms with Gasteiger partial charge in [-0.15, -0.1) is 0 Å². The van der Waals surface area contributed by atoms with E-state index in [1.807, 2.05) is 42.7 Å². The summed E-state index contributed by atoms with van der Waals surface area (Å²) in [5, 5.41) is 2.99. The van der Waals surface area contributed by atoms with Gasteiger partial charge in [0.05, 0.1) is 17.6 Å². The molecule has 4 heterocycles. The fourth-order valence-electron chi connectivity index (χ4n) is 5.38. The van der Waals surface area contributed by atoms with Crippen molar-refractivity contribution in [3.05, 3.63) is 58.3 Å². The zero-order chi connectivity index (χ0) is 22.4. The summed E-state index contributed by atoms with van der Waals surface area (Å²) in [6.07, 6.45) is 1.67. The number of imidazole rings is 1. The van der Waals surface area contributed by atoms with Gasteiger partial charge in [-0.3, -0.25) is 14.5 Å². The highest BCUT2D eigenvalue weighted by atomic mass is 16.1. The third-order valence-corrected chi connectivity index (χ3v) is 6.77. The highest BCUT2D eigenvalue weighted by Crippen LogP contribution is 2.35. The lowest BCUT2D eigenvalue weighted by Crippen LogP contribution is -2.46. The lowest BCUT2D eigenvalue weighted by Gasteiger charge is -2.42. The van der Waals surface area contributed by atoms with Crippen LogP contribution in [-0.4, -0.2) is 38.0 Å². The Morgan fingerprint density at radius 1 is 1.19 bits per heavy atom. The van der Waals surface area contributed by atoms with Crippen molar-refractivity contribution in [2.75, 3.05) is 18.4 Å². The highest BCUT2D eigenvalue weighted by molar-refractivity contribution is 5.93. The van der Waals surface area contributed by atoms with E-state index in [2.05, 4.69) is 27.9 Å². The first kappa shape index (κ1) is 20.9. The van der Waals surface area contributed by atoms with Gasteiger partial charge in [0.2, 0.25) is 5.91 Å². The first-order valence-corrected chi connectivity index (χ1v) is 11.5. The number of amides is 1. The molecule has 0 saturated carbocycles. The van der Waals surface area contributed by atoms with Crippen molar-refractivity contribution >= 4 is 22.6 Å². The lowest BCUT2D eigenvalue weighted by atomic mass is 9.83. The topological polar surface area (TPSA) is 72.2 Å².